The summed E-state index contributed by atoms with van der Waals surface area (Å²) < 4.78 is 2.08. The largest absolute Gasteiger partial charge is 0.323 e. The zero-order chi connectivity index (χ0) is 6.69. The van der Waals surface area contributed by atoms with Crippen molar-refractivity contribution in [3.05, 3.63) is 18.2 Å². The van der Waals surface area contributed by atoms with Crippen LogP contribution in [0, 0.1) is 0 Å². The molecule has 0 amide bonds. The first-order valence-electron chi connectivity index (χ1n) is 3.13. The average molecular weight is 126 g/mol. The number of aromatic amines is 1. The Bertz CT molecular complexity index is 162. The fourth-order valence-corrected chi connectivity index (χ4v) is 0.860. The second kappa shape index (κ2) is 2.64. The fraction of sp³-hybridized carbons (Fsp3) is 0.500. The molecule has 1 aromatic heterocycles. The molecule has 0 aliphatic rings. The van der Waals surface area contributed by atoms with Gasteiger partial charge in [-0.3, -0.25) is 0 Å². The van der Waals surface area contributed by atoms with E-state index in [-0.39, 0.29) is 0 Å². The van der Waals surface area contributed by atoms with Crippen LogP contribution in [0.4, 0.5) is 0 Å². The number of nitrogens with two attached hydrogens (primary N) is 1. The highest BCUT2D eigenvalue weighted by molar-refractivity contribution is 4.83. The minimum absolute atomic E-state index is 0.608. The highest BCUT2D eigenvalue weighted by Gasteiger charge is 2.01. The molecule has 0 spiro atoms. The van der Waals surface area contributed by atoms with Gasteiger partial charge in [-0.1, -0.05) is 0 Å². The zero-order valence-electron chi connectivity index (χ0n) is 5.59. The number of rotatable bonds is 2. The molecule has 0 saturated carbocycles. The Morgan fingerprint density at radius 1 is 1.78 bits per heavy atom. The molecule has 0 radical (unpaired) electrons. The highest BCUT2D eigenvalue weighted by Crippen LogP contribution is 1.83. The lowest BCUT2D eigenvalue weighted by Crippen LogP contribution is -2.35. The molecular weight excluding hydrogens is 114 g/mol. The molecule has 1 rings (SSSR count). The Hall–Kier alpha value is -0.830. The molecule has 3 heteroatoms. The molecule has 0 fully saturated rings. The zero-order valence-corrected chi connectivity index (χ0v) is 5.59. The summed E-state index contributed by atoms with van der Waals surface area (Å²) in [5.74, 6) is 0. The third-order valence-corrected chi connectivity index (χ3v) is 1.40. The maximum absolute atomic E-state index is 5.43. The van der Waals surface area contributed by atoms with Gasteiger partial charge < -0.3 is 5.73 Å². The van der Waals surface area contributed by atoms with Gasteiger partial charge in [0.1, 0.15) is 6.20 Å². The Morgan fingerprint density at radius 2 is 2.56 bits per heavy atom. The quantitative estimate of drug-likeness (QED) is 0.529. The number of aryl methyl sites for hydroxylation is 1. The fourth-order valence-electron chi connectivity index (χ4n) is 0.860. The first kappa shape index (κ1) is 6.29. The van der Waals surface area contributed by atoms with Gasteiger partial charge in [0.2, 0.25) is 6.33 Å². The van der Waals surface area contributed by atoms with Crippen LogP contribution in [0.1, 0.15) is 12.6 Å². The summed E-state index contributed by atoms with van der Waals surface area (Å²) >= 11 is 0. The van der Waals surface area contributed by atoms with Crippen LogP contribution in [0.15, 0.2) is 12.5 Å². The summed E-state index contributed by atoms with van der Waals surface area (Å²) in [4.78, 5) is 2.98. The monoisotopic (exact) mass is 126 g/mol. The van der Waals surface area contributed by atoms with Crippen molar-refractivity contribution in [2.24, 2.45) is 5.73 Å². The Labute approximate surface area is 54.5 Å². The number of H-pyrrole nitrogens is 1. The predicted octanol–water partition coefficient (Wildman–Crippen LogP) is -0.219. The van der Waals surface area contributed by atoms with E-state index in [2.05, 4.69) is 16.5 Å². The highest BCUT2D eigenvalue weighted by atomic mass is 15.0. The van der Waals surface area contributed by atoms with E-state index in [0.717, 1.165) is 12.2 Å². The van der Waals surface area contributed by atoms with Crippen LogP contribution in [0.25, 0.3) is 0 Å². The number of aromatic nitrogens is 2. The maximum Gasteiger partial charge on any atom is 0.241 e. The third-order valence-electron chi connectivity index (χ3n) is 1.40. The minimum Gasteiger partial charge on any atom is -0.323 e. The van der Waals surface area contributed by atoms with E-state index in [1.54, 1.807) is 0 Å². The van der Waals surface area contributed by atoms with Crippen molar-refractivity contribution in [1.29, 1.82) is 0 Å². The van der Waals surface area contributed by atoms with Gasteiger partial charge in [-0.25, -0.2) is 9.55 Å². The second-order valence-corrected chi connectivity index (χ2v) is 1.92. The molecule has 3 N–H and O–H groups in total. The van der Waals surface area contributed by atoms with Crippen LogP contribution in [-0.2, 0) is 13.1 Å². The van der Waals surface area contributed by atoms with E-state index < -0.39 is 0 Å². The van der Waals surface area contributed by atoms with Gasteiger partial charge in [0, 0.05) is 0 Å². The van der Waals surface area contributed by atoms with Crippen LogP contribution in [0.3, 0.4) is 0 Å². The average Bonchev–Trinajstić information content (AvgIpc) is 2.33. The van der Waals surface area contributed by atoms with Gasteiger partial charge in [0.05, 0.1) is 13.1 Å². The van der Waals surface area contributed by atoms with Crippen LogP contribution >= 0.6 is 0 Å². The van der Waals surface area contributed by atoms with Crippen molar-refractivity contribution < 1.29 is 4.57 Å². The molecule has 3 nitrogen and oxygen atoms in total. The molecule has 0 aliphatic heterocycles. The lowest BCUT2D eigenvalue weighted by atomic mass is 10.5. The van der Waals surface area contributed by atoms with Crippen molar-refractivity contribution in [2.45, 2.75) is 20.0 Å². The van der Waals surface area contributed by atoms with Gasteiger partial charge >= 0.3 is 0 Å². The third kappa shape index (κ3) is 1.10. The van der Waals surface area contributed by atoms with Gasteiger partial charge in [0.25, 0.3) is 0 Å². The normalized spacial score (nSPS) is 10.0. The number of hydrogen-bond acceptors (Lipinski definition) is 1. The predicted molar refractivity (Wildman–Crippen MR) is 34.6 cm³/mol. The molecule has 1 heterocycles. The van der Waals surface area contributed by atoms with E-state index in [4.69, 9.17) is 5.73 Å². The first-order chi connectivity index (χ1) is 4.38. The van der Waals surface area contributed by atoms with E-state index in [9.17, 15) is 0 Å². The molecule has 0 saturated heterocycles. The Morgan fingerprint density at radius 3 is 3.00 bits per heavy atom. The molecule has 50 valence electrons. The minimum atomic E-state index is 0.608. The van der Waals surface area contributed by atoms with E-state index in [1.807, 2.05) is 12.5 Å². The number of imidazole rings is 1. The molecule has 0 bridgehead atoms. The molecule has 0 unspecified atom stereocenters. The van der Waals surface area contributed by atoms with E-state index in [1.165, 1.54) is 0 Å². The SMILES string of the molecule is CC[n+]1c[nH]cc1CN. The standard InChI is InChI=1S/C6H11N3/c1-2-9-5-8-4-6(9)3-7/h4-5H,2-3,7H2,1H3/p+1. The maximum atomic E-state index is 5.43. The van der Waals surface area contributed by atoms with Crippen molar-refractivity contribution in [3.8, 4) is 0 Å². The molecule has 0 atom stereocenters. The lowest BCUT2D eigenvalue weighted by Gasteiger charge is -1.91. The molecule has 1 aromatic rings. The van der Waals surface area contributed by atoms with Gasteiger partial charge in [-0.05, 0) is 6.92 Å². The van der Waals surface area contributed by atoms with Crippen LogP contribution in [0.2, 0.25) is 0 Å². The molecule has 9 heavy (non-hydrogen) atoms. The smallest absolute Gasteiger partial charge is 0.241 e. The van der Waals surface area contributed by atoms with Gasteiger partial charge in [-0.2, -0.15) is 0 Å². The number of nitrogens with zero attached hydrogens (tertiary/aromatic N) is 1. The Balaban J connectivity index is 2.85. The summed E-state index contributed by atoms with van der Waals surface area (Å²) in [6.45, 7) is 3.68. The topological polar surface area (TPSA) is 45.7 Å². The number of hydrogen-bond donors (Lipinski definition) is 2. The summed E-state index contributed by atoms with van der Waals surface area (Å²) in [6, 6.07) is 0. The summed E-state index contributed by atoms with van der Waals surface area (Å²) in [5.41, 5.74) is 6.58. The van der Waals surface area contributed by atoms with Crippen molar-refractivity contribution >= 4 is 0 Å². The second-order valence-electron chi connectivity index (χ2n) is 1.92. The van der Waals surface area contributed by atoms with Crippen molar-refractivity contribution in [2.75, 3.05) is 0 Å². The summed E-state index contributed by atoms with van der Waals surface area (Å²) in [7, 11) is 0. The van der Waals surface area contributed by atoms with Crippen LogP contribution in [-0.4, -0.2) is 4.98 Å². The van der Waals surface area contributed by atoms with Crippen molar-refractivity contribution in [3.63, 3.8) is 0 Å². The molecular formula is C6H12N3+. The summed E-state index contributed by atoms with van der Waals surface area (Å²) in [5, 5.41) is 0. The van der Waals surface area contributed by atoms with Crippen LogP contribution < -0.4 is 10.3 Å². The molecule has 0 aromatic carbocycles. The van der Waals surface area contributed by atoms with Gasteiger partial charge in [0.15, 0.2) is 5.69 Å². The Kier molecular flexibility index (Phi) is 1.85. The lowest BCUT2D eigenvalue weighted by molar-refractivity contribution is -0.699. The molecule has 0 aliphatic carbocycles. The first-order valence-corrected chi connectivity index (χ1v) is 3.13. The number of nitrogens with one attached hydrogen (secondary N) is 1. The van der Waals surface area contributed by atoms with Gasteiger partial charge in [-0.15, -0.1) is 0 Å². The van der Waals surface area contributed by atoms with E-state index in [0.29, 0.717) is 6.54 Å². The van der Waals surface area contributed by atoms with E-state index >= 15 is 0 Å². The van der Waals surface area contributed by atoms with Crippen molar-refractivity contribution in [1.82, 2.24) is 4.98 Å². The van der Waals surface area contributed by atoms with Crippen LogP contribution in [0.5, 0.6) is 0 Å². The summed E-state index contributed by atoms with van der Waals surface area (Å²) in [6.07, 6.45) is 3.84.